The number of carbonyl (C=O) groups is 3. The fraction of sp³-hybridized carbons (Fsp3) is 0.438. The Morgan fingerprint density at radius 2 is 1.95 bits per heavy atom. The highest BCUT2D eigenvalue weighted by atomic mass is 16.5. The molecule has 21 heavy (non-hydrogen) atoms. The van der Waals surface area contributed by atoms with E-state index in [1.54, 1.807) is 23.1 Å². The van der Waals surface area contributed by atoms with Crippen molar-refractivity contribution in [1.29, 1.82) is 0 Å². The Kier molecular flexibility index (Phi) is 4.40. The largest absolute Gasteiger partial charge is 0.466 e. The van der Waals surface area contributed by atoms with Gasteiger partial charge in [0.25, 0.3) is 0 Å². The van der Waals surface area contributed by atoms with Gasteiger partial charge in [-0.05, 0) is 24.5 Å². The first kappa shape index (κ1) is 15.2. The molecule has 5 heteroatoms. The molecule has 0 saturated heterocycles. The minimum absolute atomic E-state index is 0.0453. The van der Waals surface area contributed by atoms with Crippen molar-refractivity contribution in [1.82, 2.24) is 0 Å². The van der Waals surface area contributed by atoms with Gasteiger partial charge in [-0.15, -0.1) is 0 Å². The van der Waals surface area contributed by atoms with Crippen molar-refractivity contribution in [2.45, 2.75) is 33.2 Å². The normalized spacial score (nSPS) is 18.3. The Hall–Kier alpha value is -2.17. The molecule has 1 heterocycles. The maximum absolute atomic E-state index is 12.5. The van der Waals surface area contributed by atoms with Crippen molar-refractivity contribution < 1.29 is 19.1 Å². The number of rotatable bonds is 4. The highest BCUT2D eigenvalue weighted by Gasteiger charge is 2.42. The molecular formula is C16H19NO4. The summed E-state index contributed by atoms with van der Waals surface area (Å²) in [5.41, 5.74) is 1.25. The molecule has 1 aromatic rings. The van der Waals surface area contributed by atoms with Gasteiger partial charge in [0, 0.05) is 19.4 Å². The van der Waals surface area contributed by atoms with E-state index >= 15 is 0 Å². The van der Waals surface area contributed by atoms with Crippen molar-refractivity contribution in [3.05, 3.63) is 29.8 Å². The van der Waals surface area contributed by atoms with Crippen molar-refractivity contribution in [2.24, 2.45) is 5.92 Å². The van der Waals surface area contributed by atoms with E-state index < -0.39 is 6.04 Å². The molecule has 0 saturated carbocycles. The second-order valence-electron chi connectivity index (χ2n) is 5.32. The molecule has 1 aromatic carbocycles. The van der Waals surface area contributed by atoms with Crippen LogP contribution < -0.4 is 4.90 Å². The van der Waals surface area contributed by atoms with Crippen molar-refractivity contribution in [2.75, 3.05) is 11.5 Å². The van der Waals surface area contributed by atoms with Crippen LogP contribution in [0.5, 0.6) is 0 Å². The minimum Gasteiger partial charge on any atom is -0.466 e. The molecular weight excluding hydrogens is 270 g/mol. The molecule has 0 unspecified atom stereocenters. The predicted molar refractivity (Wildman–Crippen MR) is 78.1 cm³/mol. The number of nitrogens with zero attached hydrogens (tertiary/aromatic N) is 1. The number of anilines is 1. The fourth-order valence-corrected chi connectivity index (χ4v) is 2.74. The van der Waals surface area contributed by atoms with Crippen LogP contribution in [0.2, 0.25) is 0 Å². The number of amides is 1. The Morgan fingerprint density at radius 3 is 2.57 bits per heavy atom. The molecule has 2 rings (SSSR count). The SMILES string of the molecule is CC(=O)OCC[C@@H](C)[C@@H]1C(=O)c2ccccc2N1C(C)=O. The smallest absolute Gasteiger partial charge is 0.302 e. The van der Waals surface area contributed by atoms with E-state index in [2.05, 4.69) is 0 Å². The van der Waals surface area contributed by atoms with Crippen molar-refractivity contribution in [3.8, 4) is 0 Å². The van der Waals surface area contributed by atoms with E-state index in [0.29, 0.717) is 17.7 Å². The number of ketones is 1. The van der Waals surface area contributed by atoms with Gasteiger partial charge in [0.2, 0.25) is 5.91 Å². The fourth-order valence-electron chi connectivity index (χ4n) is 2.74. The molecule has 1 aliphatic rings. The van der Waals surface area contributed by atoms with Crippen LogP contribution in [-0.2, 0) is 14.3 Å². The molecule has 0 bridgehead atoms. The van der Waals surface area contributed by atoms with Gasteiger partial charge in [-0.3, -0.25) is 14.4 Å². The Balaban J connectivity index is 2.21. The Labute approximate surface area is 123 Å². The van der Waals surface area contributed by atoms with Crippen LogP contribution in [0.1, 0.15) is 37.6 Å². The first-order chi connectivity index (χ1) is 9.93. The topological polar surface area (TPSA) is 63.7 Å². The molecule has 112 valence electrons. The molecule has 0 N–H and O–H groups in total. The summed E-state index contributed by atoms with van der Waals surface area (Å²) < 4.78 is 4.93. The number of esters is 1. The van der Waals surface area contributed by atoms with Crippen LogP contribution in [0.3, 0.4) is 0 Å². The van der Waals surface area contributed by atoms with Crippen molar-refractivity contribution in [3.63, 3.8) is 0 Å². The molecule has 2 atom stereocenters. The average Bonchev–Trinajstić information content (AvgIpc) is 2.72. The number of hydrogen-bond donors (Lipinski definition) is 0. The van der Waals surface area contributed by atoms with Crippen LogP contribution in [0, 0.1) is 5.92 Å². The number of Topliss-reactive ketones (excluding diaryl/α,β-unsaturated/α-hetero) is 1. The van der Waals surface area contributed by atoms with Crippen LogP contribution in [0.4, 0.5) is 5.69 Å². The van der Waals surface area contributed by atoms with Gasteiger partial charge in [-0.2, -0.15) is 0 Å². The predicted octanol–water partition coefficient (Wildman–Crippen LogP) is 2.19. The third-order valence-electron chi connectivity index (χ3n) is 3.73. The summed E-state index contributed by atoms with van der Waals surface area (Å²) in [5.74, 6) is -0.631. The minimum atomic E-state index is -0.518. The summed E-state index contributed by atoms with van der Waals surface area (Å²) in [6, 6.07) is 6.62. The molecule has 5 nitrogen and oxygen atoms in total. The van der Waals surface area contributed by atoms with Crippen molar-refractivity contribution >= 4 is 23.3 Å². The number of hydrogen-bond acceptors (Lipinski definition) is 4. The first-order valence-corrected chi connectivity index (χ1v) is 7.00. The summed E-state index contributed by atoms with van der Waals surface area (Å²) in [6.07, 6.45) is 0.535. The summed E-state index contributed by atoms with van der Waals surface area (Å²) in [6.45, 7) is 4.96. The number of para-hydroxylation sites is 1. The Bertz CT molecular complexity index is 581. The maximum Gasteiger partial charge on any atom is 0.302 e. The summed E-state index contributed by atoms with van der Waals surface area (Å²) in [4.78, 5) is 36.8. The average molecular weight is 289 g/mol. The van der Waals surface area contributed by atoms with E-state index in [1.165, 1.54) is 13.8 Å². The Morgan fingerprint density at radius 1 is 1.29 bits per heavy atom. The zero-order valence-corrected chi connectivity index (χ0v) is 12.5. The van der Waals surface area contributed by atoms with E-state index in [1.807, 2.05) is 13.0 Å². The number of fused-ring (bicyclic) bond motifs is 1. The van der Waals surface area contributed by atoms with Gasteiger partial charge in [-0.25, -0.2) is 0 Å². The van der Waals surface area contributed by atoms with Crippen LogP contribution >= 0.6 is 0 Å². The van der Waals surface area contributed by atoms with E-state index in [4.69, 9.17) is 4.74 Å². The van der Waals surface area contributed by atoms with E-state index in [0.717, 1.165) is 0 Å². The van der Waals surface area contributed by atoms with Gasteiger partial charge in [0.15, 0.2) is 5.78 Å². The number of ether oxygens (including phenoxy) is 1. The highest BCUT2D eigenvalue weighted by Crippen LogP contribution is 2.35. The molecule has 1 aliphatic heterocycles. The van der Waals surface area contributed by atoms with Crippen LogP contribution in [0.25, 0.3) is 0 Å². The second-order valence-corrected chi connectivity index (χ2v) is 5.32. The molecule has 0 radical (unpaired) electrons. The summed E-state index contributed by atoms with van der Waals surface area (Å²) in [5, 5.41) is 0. The standard InChI is InChI=1S/C16H19NO4/c1-10(8-9-21-12(3)19)15-16(20)13-6-4-5-7-14(13)17(15)11(2)18/h4-7,10,15H,8-9H2,1-3H3/t10-,15-/m1/s1. The molecule has 0 aromatic heterocycles. The molecule has 0 spiro atoms. The molecule has 0 aliphatic carbocycles. The van der Waals surface area contributed by atoms with Crippen LogP contribution in [-0.4, -0.2) is 30.3 Å². The maximum atomic E-state index is 12.5. The first-order valence-electron chi connectivity index (χ1n) is 7.00. The quantitative estimate of drug-likeness (QED) is 0.797. The van der Waals surface area contributed by atoms with Gasteiger partial charge in [0.05, 0.1) is 12.3 Å². The van der Waals surface area contributed by atoms with E-state index in [9.17, 15) is 14.4 Å². The van der Waals surface area contributed by atoms with Gasteiger partial charge in [0.1, 0.15) is 6.04 Å². The lowest BCUT2D eigenvalue weighted by atomic mass is 9.94. The third-order valence-corrected chi connectivity index (χ3v) is 3.73. The zero-order chi connectivity index (χ0) is 15.6. The molecule has 0 fully saturated rings. The lowest BCUT2D eigenvalue weighted by molar-refractivity contribution is -0.141. The van der Waals surface area contributed by atoms with Crippen LogP contribution in [0.15, 0.2) is 24.3 Å². The van der Waals surface area contributed by atoms with Gasteiger partial charge >= 0.3 is 5.97 Å². The summed E-state index contributed by atoms with van der Waals surface area (Å²) in [7, 11) is 0. The van der Waals surface area contributed by atoms with Gasteiger partial charge in [-0.1, -0.05) is 19.1 Å². The summed E-state index contributed by atoms with van der Waals surface area (Å²) >= 11 is 0. The third kappa shape index (κ3) is 2.96. The van der Waals surface area contributed by atoms with Gasteiger partial charge < -0.3 is 9.64 Å². The highest BCUT2D eigenvalue weighted by molar-refractivity contribution is 6.17. The lowest BCUT2D eigenvalue weighted by Gasteiger charge is -2.27. The lowest BCUT2D eigenvalue weighted by Crippen LogP contribution is -2.43. The monoisotopic (exact) mass is 289 g/mol. The number of benzene rings is 1. The zero-order valence-electron chi connectivity index (χ0n) is 12.5. The second kappa shape index (κ2) is 6.08. The number of carbonyl (C=O) groups excluding carboxylic acids is 3. The van der Waals surface area contributed by atoms with E-state index in [-0.39, 0.29) is 30.2 Å². The molecule has 1 amide bonds.